The minimum atomic E-state index is -3.47. The molecule has 0 aliphatic carbocycles. The number of allylic oxidation sites excluding steroid dienone is 1. The van der Waals surface area contributed by atoms with Gasteiger partial charge >= 0.3 is 0 Å². The van der Waals surface area contributed by atoms with Crippen LogP contribution in [0, 0.1) is 23.7 Å². The number of hydrogen-bond donors (Lipinski definition) is 0. The Bertz CT molecular complexity index is 1110. The van der Waals surface area contributed by atoms with Crippen molar-refractivity contribution in [2.45, 2.75) is 140 Å². The fourth-order valence-corrected chi connectivity index (χ4v) is 9.04. The van der Waals surface area contributed by atoms with E-state index in [0.717, 1.165) is 50.5 Å². The highest BCUT2D eigenvalue weighted by Crippen LogP contribution is 2.45. The van der Waals surface area contributed by atoms with E-state index in [1.54, 1.807) is 24.3 Å². The maximum absolute atomic E-state index is 13.4. The summed E-state index contributed by atoms with van der Waals surface area (Å²) in [6.45, 7) is 17.4. The normalized spacial score (nSPS) is 37.0. The number of hydrogen-bond acceptors (Lipinski definition) is 5. The van der Waals surface area contributed by atoms with Gasteiger partial charge in [0.1, 0.15) is 0 Å². The molecule has 3 aliphatic rings. The van der Waals surface area contributed by atoms with Crippen LogP contribution >= 0.6 is 0 Å². The van der Waals surface area contributed by atoms with Crippen molar-refractivity contribution in [2.24, 2.45) is 23.7 Å². The molecule has 0 radical (unpaired) electrons. The molecule has 3 aliphatic heterocycles. The Morgan fingerprint density at radius 2 is 1.82 bits per heavy atom. The van der Waals surface area contributed by atoms with E-state index in [1.807, 2.05) is 6.07 Å². The van der Waals surface area contributed by atoms with E-state index in [4.69, 9.17) is 15.6 Å². The molecule has 1 unspecified atom stereocenters. The van der Waals surface area contributed by atoms with Crippen LogP contribution in [0.15, 0.2) is 47.4 Å². The first kappa shape index (κ1) is 30.3. The number of sulfone groups is 1. The molecule has 0 saturated carbocycles. The van der Waals surface area contributed by atoms with Crippen molar-refractivity contribution in [3.63, 3.8) is 0 Å². The average Bonchev–Trinajstić information content (AvgIpc) is 3.43. The maximum atomic E-state index is 13.4. The third kappa shape index (κ3) is 7.22. The Balaban J connectivity index is 1.42. The molecular weight excluding hydrogens is 520 g/mol. The van der Waals surface area contributed by atoms with Crippen LogP contribution in [-0.2, 0) is 24.0 Å². The first-order valence-corrected chi connectivity index (χ1v) is 17.4. The van der Waals surface area contributed by atoms with Crippen LogP contribution in [0.5, 0.6) is 0 Å². The fraction of sp³-hybridized carbons (Fsp3) is 0.765. The molecule has 226 valence electrons. The van der Waals surface area contributed by atoms with Gasteiger partial charge < -0.3 is 14.2 Å². The van der Waals surface area contributed by atoms with Crippen LogP contribution < -0.4 is 0 Å². The first-order valence-electron chi connectivity index (χ1n) is 16.3. The van der Waals surface area contributed by atoms with Gasteiger partial charge in [-0.25, -0.2) is 8.42 Å². The monoisotopic (exact) mass is 576 g/mol. The molecule has 0 bridgehead atoms. The van der Waals surface area contributed by atoms with Crippen molar-refractivity contribution in [1.82, 2.24) is 0 Å². The number of fused-ring (bicyclic) bond motifs is 1. The smallest absolute Gasteiger partial charge is 0.178 e. The molecule has 0 amide bonds. The zero-order chi connectivity index (χ0) is 29.9. The summed E-state index contributed by atoms with van der Waals surface area (Å²) in [4.78, 5) is 0.360. The minimum Gasteiger partial charge on any atom is -0.374 e. The standard InChI is InChI=1S/C34H54O5S/c1-8-23(3)19-32-27(7)30(22-40(35,36)29-13-11-10-12-14-29)31(38-32)17-15-24(4)25(5)20-28-16-18-33-34(9-2,39-28)21-26(6)37-33/h10-14,23,25-28,30-33H,4,8-9,15-22H2,1-3,5-7H3/t23-,25-,26+,27-,28?,30-,31+,32-,33+,34+/m1/s1/i15T/t15-,23-,25-,26+,27-,28?,30-,31+,32-,33+,34+. The molecule has 0 spiro atoms. The Labute approximate surface area is 245 Å². The van der Waals surface area contributed by atoms with Gasteiger partial charge in [-0.05, 0) is 81.7 Å². The predicted molar refractivity (Wildman–Crippen MR) is 162 cm³/mol. The summed E-state index contributed by atoms with van der Waals surface area (Å²) in [6.07, 6.45) is 6.98. The van der Waals surface area contributed by atoms with Gasteiger partial charge in [-0.3, -0.25) is 0 Å². The van der Waals surface area contributed by atoms with Crippen molar-refractivity contribution in [1.29, 1.82) is 0 Å². The van der Waals surface area contributed by atoms with E-state index in [9.17, 15) is 8.42 Å². The lowest BCUT2D eigenvalue weighted by molar-refractivity contribution is -0.170. The number of rotatable bonds is 13. The Kier molecular flexibility index (Phi) is 10.1. The van der Waals surface area contributed by atoms with Crippen molar-refractivity contribution in [2.75, 3.05) is 5.75 Å². The van der Waals surface area contributed by atoms with E-state index < -0.39 is 16.2 Å². The molecule has 4 rings (SSSR count). The summed E-state index contributed by atoms with van der Waals surface area (Å²) in [5, 5.41) is 0. The molecule has 3 heterocycles. The topological polar surface area (TPSA) is 61.8 Å². The summed E-state index contributed by atoms with van der Waals surface area (Å²) in [6, 6.07) is 8.73. The third-order valence-electron chi connectivity index (χ3n) is 10.2. The summed E-state index contributed by atoms with van der Waals surface area (Å²) < 4.78 is 55.5. The number of benzene rings is 1. The highest BCUT2D eigenvalue weighted by Gasteiger charge is 2.51. The first-order chi connectivity index (χ1) is 19.4. The summed E-state index contributed by atoms with van der Waals surface area (Å²) in [5.74, 6) is 0.636. The van der Waals surface area contributed by atoms with Gasteiger partial charge in [0.25, 0.3) is 0 Å². The van der Waals surface area contributed by atoms with Crippen molar-refractivity contribution < 1.29 is 24.0 Å². The van der Waals surface area contributed by atoms with Crippen LogP contribution in [0.3, 0.4) is 0 Å². The van der Waals surface area contributed by atoms with Crippen LogP contribution in [0.25, 0.3) is 0 Å². The van der Waals surface area contributed by atoms with Crippen LogP contribution in [0.2, 0.25) is 0 Å². The molecule has 3 saturated heterocycles. The predicted octanol–water partition coefficient (Wildman–Crippen LogP) is 7.78. The molecule has 6 heteroatoms. The molecule has 1 aromatic carbocycles. The van der Waals surface area contributed by atoms with E-state index in [-0.39, 0.29) is 59.6 Å². The fourth-order valence-electron chi connectivity index (χ4n) is 7.25. The lowest BCUT2D eigenvalue weighted by Crippen LogP contribution is -2.48. The van der Waals surface area contributed by atoms with Gasteiger partial charge in [0, 0.05) is 13.7 Å². The van der Waals surface area contributed by atoms with Crippen LogP contribution in [-0.4, -0.2) is 50.3 Å². The van der Waals surface area contributed by atoms with E-state index in [2.05, 4.69) is 48.1 Å². The van der Waals surface area contributed by atoms with E-state index in [0.29, 0.717) is 17.2 Å². The van der Waals surface area contributed by atoms with Gasteiger partial charge in [0.15, 0.2) is 9.84 Å². The van der Waals surface area contributed by atoms with Crippen molar-refractivity contribution in [3.05, 3.63) is 42.5 Å². The van der Waals surface area contributed by atoms with Gasteiger partial charge in [-0.1, -0.05) is 71.4 Å². The van der Waals surface area contributed by atoms with Crippen molar-refractivity contribution in [3.8, 4) is 0 Å². The average molecular weight is 577 g/mol. The molecule has 40 heavy (non-hydrogen) atoms. The second kappa shape index (κ2) is 13.4. The largest absolute Gasteiger partial charge is 0.374 e. The minimum absolute atomic E-state index is 0.00801. The summed E-state index contributed by atoms with van der Waals surface area (Å²) >= 11 is 0. The van der Waals surface area contributed by atoms with E-state index in [1.165, 1.54) is 0 Å². The maximum Gasteiger partial charge on any atom is 0.178 e. The summed E-state index contributed by atoms with van der Waals surface area (Å²) in [5.41, 5.74) is 0.711. The quantitative estimate of drug-likeness (QED) is 0.224. The van der Waals surface area contributed by atoms with Gasteiger partial charge in [-0.15, -0.1) is 0 Å². The highest BCUT2D eigenvalue weighted by molar-refractivity contribution is 7.91. The van der Waals surface area contributed by atoms with Gasteiger partial charge in [0.2, 0.25) is 0 Å². The second-order valence-electron chi connectivity index (χ2n) is 13.1. The second-order valence-corrected chi connectivity index (χ2v) is 15.1. The molecule has 11 atom stereocenters. The molecule has 5 nitrogen and oxygen atoms in total. The van der Waals surface area contributed by atoms with Crippen LogP contribution in [0.4, 0.5) is 0 Å². The SMILES string of the molecule is [3H][C@H](C[C@@H]1O[C@H](C[C@H](C)CC)[C@H](C)[C@H]1CS(=O)(=O)c1ccccc1)C(=C)[C@H](C)CC1CC[C@@H]2O[C@@H](C)C[C@]2(CC)O1. The molecule has 1 aromatic rings. The lowest BCUT2D eigenvalue weighted by atomic mass is 9.81. The lowest BCUT2D eigenvalue weighted by Gasteiger charge is -2.42. The molecular formula is C34H54O5S. The van der Waals surface area contributed by atoms with Crippen LogP contribution in [0.1, 0.15) is 101 Å². The van der Waals surface area contributed by atoms with Gasteiger partial charge in [-0.2, -0.15) is 0 Å². The van der Waals surface area contributed by atoms with E-state index >= 15 is 0 Å². The van der Waals surface area contributed by atoms with Crippen molar-refractivity contribution >= 4 is 9.84 Å². The Hall–Kier alpha value is -1.21. The molecule has 0 N–H and O–H groups in total. The molecule has 0 aromatic heterocycles. The zero-order valence-electron chi connectivity index (χ0n) is 26.7. The molecule has 3 fully saturated rings. The number of ether oxygens (including phenoxy) is 3. The Morgan fingerprint density at radius 1 is 1.10 bits per heavy atom. The third-order valence-corrected chi connectivity index (χ3v) is 12.0. The van der Waals surface area contributed by atoms with Gasteiger partial charge in [0.05, 0.1) is 46.8 Å². The Morgan fingerprint density at radius 3 is 2.50 bits per heavy atom. The summed E-state index contributed by atoms with van der Waals surface area (Å²) in [7, 11) is -3.47. The zero-order valence-corrected chi connectivity index (χ0v) is 26.5. The highest BCUT2D eigenvalue weighted by atomic mass is 32.2.